The number of carbonyl (C=O) groups excluding carboxylic acids is 1. The van der Waals surface area contributed by atoms with Crippen molar-refractivity contribution < 1.29 is 4.79 Å². The lowest BCUT2D eigenvalue weighted by atomic mass is 10.1. The topological polar surface area (TPSA) is 17.1 Å². The molecule has 0 aliphatic rings. The van der Waals surface area contributed by atoms with Gasteiger partial charge in [-0.15, -0.1) is 0 Å². The van der Waals surface area contributed by atoms with Gasteiger partial charge >= 0.3 is 0 Å². The molecule has 0 bridgehead atoms. The summed E-state index contributed by atoms with van der Waals surface area (Å²) in [7, 11) is 0. The molecule has 0 fully saturated rings. The molecule has 0 aliphatic heterocycles. The number of unbranched alkanes of at least 4 members (excludes halogenated alkanes) is 8. The molecule has 16 heavy (non-hydrogen) atoms. The van der Waals surface area contributed by atoms with Crippen molar-refractivity contribution >= 4 is 16.9 Å². The van der Waals surface area contributed by atoms with Gasteiger partial charge < -0.3 is 0 Å². The first-order valence-electron chi connectivity index (χ1n) is 6.78. The maximum atomic E-state index is 11.2. The van der Waals surface area contributed by atoms with Crippen LogP contribution in [-0.2, 0) is 4.79 Å². The molecule has 0 saturated heterocycles. The highest BCUT2D eigenvalue weighted by Gasteiger charge is 2.00. The van der Waals surface area contributed by atoms with Crippen LogP contribution >= 0.6 is 11.8 Å². The molecule has 0 atom stereocenters. The number of hydrogen-bond donors (Lipinski definition) is 0. The van der Waals surface area contributed by atoms with E-state index in [9.17, 15) is 4.79 Å². The Kier molecular flexibility index (Phi) is 13.1. The van der Waals surface area contributed by atoms with Gasteiger partial charge in [0.15, 0.2) is 5.12 Å². The number of hydrogen-bond acceptors (Lipinski definition) is 2. The zero-order valence-corrected chi connectivity index (χ0v) is 11.8. The van der Waals surface area contributed by atoms with Crippen LogP contribution in [0.15, 0.2) is 0 Å². The Morgan fingerprint density at radius 1 is 0.938 bits per heavy atom. The van der Waals surface area contributed by atoms with Crippen molar-refractivity contribution in [1.82, 2.24) is 0 Å². The summed E-state index contributed by atoms with van der Waals surface area (Å²) in [5.74, 6) is 1.87. The summed E-state index contributed by atoms with van der Waals surface area (Å²) in [4.78, 5) is 11.2. The lowest BCUT2D eigenvalue weighted by Gasteiger charge is -2.01. The van der Waals surface area contributed by atoms with Gasteiger partial charge in [-0.2, -0.15) is 0 Å². The van der Waals surface area contributed by atoms with Crippen LogP contribution in [0.1, 0.15) is 78.1 Å². The van der Waals surface area contributed by atoms with Gasteiger partial charge in [-0.1, -0.05) is 77.0 Å². The minimum atomic E-state index is 0.324. The number of carbonyl (C=O) groups is 1. The standard InChI is InChI=1S/C14H27OS/c1-3-5-6-7-8-9-10-11-12-13-14(15)16-4-2/h4H,3,5-13H2,1-2H3. The zero-order valence-electron chi connectivity index (χ0n) is 11.0. The lowest BCUT2D eigenvalue weighted by Crippen LogP contribution is -1.90. The minimum Gasteiger partial charge on any atom is -0.287 e. The molecule has 1 nitrogen and oxygen atoms in total. The summed E-state index contributed by atoms with van der Waals surface area (Å²) >= 11 is 1.34. The van der Waals surface area contributed by atoms with Crippen LogP contribution in [0, 0.1) is 5.75 Å². The molecule has 0 aromatic rings. The summed E-state index contributed by atoms with van der Waals surface area (Å²) in [5.41, 5.74) is 0. The van der Waals surface area contributed by atoms with Crippen LogP contribution in [0.3, 0.4) is 0 Å². The first-order chi connectivity index (χ1) is 7.81. The molecule has 1 radical (unpaired) electrons. The second-order valence-corrected chi connectivity index (χ2v) is 5.47. The molecule has 0 aromatic heterocycles. The SMILES string of the molecule is C[CH]SC(=O)CCCCCCCCCCC. The quantitative estimate of drug-likeness (QED) is 0.455. The van der Waals surface area contributed by atoms with E-state index in [0.29, 0.717) is 5.12 Å². The van der Waals surface area contributed by atoms with Crippen LogP contribution in [0.5, 0.6) is 0 Å². The summed E-state index contributed by atoms with van der Waals surface area (Å²) in [6, 6.07) is 0. The van der Waals surface area contributed by atoms with Gasteiger partial charge in [0, 0.05) is 12.2 Å². The minimum absolute atomic E-state index is 0.324. The Bertz CT molecular complexity index is 157. The highest BCUT2D eigenvalue weighted by Crippen LogP contribution is 2.14. The van der Waals surface area contributed by atoms with E-state index >= 15 is 0 Å². The third-order valence-corrected chi connectivity index (χ3v) is 3.44. The molecule has 0 aliphatic carbocycles. The summed E-state index contributed by atoms with van der Waals surface area (Å²) < 4.78 is 0. The summed E-state index contributed by atoms with van der Waals surface area (Å²) in [6.07, 6.45) is 12.6. The molecule has 0 rings (SSSR count). The Morgan fingerprint density at radius 2 is 1.44 bits per heavy atom. The van der Waals surface area contributed by atoms with Crippen LogP contribution in [0.4, 0.5) is 0 Å². The van der Waals surface area contributed by atoms with Crippen molar-refractivity contribution in [3.8, 4) is 0 Å². The van der Waals surface area contributed by atoms with Gasteiger partial charge in [0.1, 0.15) is 0 Å². The van der Waals surface area contributed by atoms with Crippen LogP contribution < -0.4 is 0 Å². The molecule has 0 spiro atoms. The maximum absolute atomic E-state index is 11.2. The van der Waals surface area contributed by atoms with Gasteiger partial charge in [-0.25, -0.2) is 0 Å². The molecule has 0 aromatic carbocycles. The summed E-state index contributed by atoms with van der Waals surface area (Å²) in [6.45, 7) is 4.17. The van der Waals surface area contributed by atoms with E-state index < -0.39 is 0 Å². The van der Waals surface area contributed by atoms with Crippen LogP contribution in [0.25, 0.3) is 0 Å². The smallest absolute Gasteiger partial charge is 0.189 e. The third-order valence-electron chi connectivity index (χ3n) is 2.73. The number of thioether (sulfide) groups is 1. The van der Waals surface area contributed by atoms with Crippen molar-refractivity contribution in [2.24, 2.45) is 0 Å². The Labute approximate surface area is 106 Å². The first-order valence-corrected chi connectivity index (χ1v) is 7.66. The van der Waals surface area contributed by atoms with E-state index in [1.165, 1.54) is 63.1 Å². The van der Waals surface area contributed by atoms with Crippen molar-refractivity contribution in [3.05, 3.63) is 5.75 Å². The maximum Gasteiger partial charge on any atom is 0.189 e. The van der Waals surface area contributed by atoms with Crippen molar-refractivity contribution in [2.45, 2.75) is 78.1 Å². The monoisotopic (exact) mass is 243 g/mol. The molecule has 0 unspecified atom stereocenters. The van der Waals surface area contributed by atoms with E-state index in [0.717, 1.165) is 12.8 Å². The van der Waals surface area contributed by atoms with Crippen LogP contribution in [0.2, 0.25) is 0 Å². The van der Waals surface area contributed by atoms with Gasteiger partial charge in [0.05, 0.1) is 0 Å². The third kappa shape index (κ3) is 12.1. The van der Waals surface area contributed by atoms with Gasteiger partial charge in [-0.05, 0) is 6.42 Å². The molecule has 0 amide bonds. The second kappa shape index (κ2) is 13.1. The predicted octanol–water partition coefficient (Wildman–Crippen LogP) is 5.35. The molecule has 0 saturated carbocycles. The molecular formula is C14H27OS. The van der Waals surface area contributed by atoms with E-state index in [4.69, 9.17) is 0 Å². The van der Waals surface area contributed by atoms with E-state index in [1.807, 2.05) is 12.7 Å². The largest absolute Gasteiger partial charge is 0.287 e. The van der Waals surface area contributed by atoms with E-state index in [1.54, 1.807) is 0 Å². The average Bonchev–Trinajstić information content (AvgIpc) is 2.27. The van der Waals surface area contributed by atoms with Crippen molar-refractivity contribution in [3.63, 3.8) is 0 Å². The van der Waals surface area contributed by atoms with Gasteiger partial charge in [-0.3, -0.25) is 4.79 Å². The second-order valence-electron chi connectivity index (χ2n) is 4.30. The highest BCUT2D eigenvalue weighted by molar-refractivity contribution is 8.15. The van der Waals surface area contributed by atoms with E-state index in [-0.39, 0.29) is 0 Å². The fraction of sp³-hybridized carbons (Fsp3) is 0.857. The predicted molar refractivity (Wildman–Crippen MR) is 74.4 cm³/mol. The Hall–Kier alpha value is 0.0200. The lowest BCUT2D eigenvalue weighted by molar-refractivity contribution is -0.111. The Morgan fingerprint density at radius 3 is 1.94 bits per heavy atom. The molecule has 0 N–H and O–H groups in total. The van der Waals surface area contributed by atoms with Crippen LogP contribution in [-0.4, -0.2) is 5.12 Å². The fourth-order valence-corrected chi connectivity index (χ4v) is 2.30. The zero-order chi connectivity index (χ0) is 12.1. The molecular weight excluding hydrogens is 216 g/mol. The molecule has 95 valence electrons. The van der Waals surface area contributed by atoms with Gasteiger partial charge in [0.25, 0.3) is 0 Å². The summed E-state index contributed by atoms with van der Waals surface area (Å²) in [5, 5.41) is 0.324. The highest BCUT2D eigenvalue weighted by atomic mass is 32.2. The van der Waals surface area contributed by atoms with Crippen molar-refractivity contribution in [2.75, 3.05) is 0 Å². The molecule has 0 heterocycles. The van der Waals surface area contributed by atoms with Crippen molar-refractivity contribution in [1.29, 1.82) is 0 Å². The average molecular weight is 243 g/mol. The normalized spacial score (nSPS) is 10.6. The van der Waals surface area contributed by atoms with Gasteiger partial charge in [0.2, 0.25) is 0 Å². The Balaban J connectivity index is 3.01. The molecule has 2 heteroatoms. The fourth-order valence-electron chi connectivity index (χ4n) is 1.77. The van der Waals surface area contributed by atoms with E-state index in [2.05, 4.69) is 6.92 Å². The first kappa shape index (κ1) is 16.0. The number of rotatable bonds is 11.